The molecule has 3 heterocycles. The van der Waals surface area contributed by atoms with Crippen LogP contribution in [0.15, 0.2) is 77.7 Å². The molecule has 266 valence electrons. The number of aryl methyl sites for hydroxylation is 1. The molecule has 3 N–H and O–H groups in total. The maximum Gasteiger partial charge on any atom is 0.435 e. The Morgan fingerprint density at radius 1 is 1.00 bits per heavy atom. The Hall–Kier alpha value is -5.00. The zero-order chi connectivity index (χ0) is 36.2. The molecule has 50 heavy (non-hydrogen) atoms. The normalized spacial score (nSPS) is 16.5. The van der Waals surface area contributed by atoms with Crippen LogP contribution in [0.3, 0.4) is 0 Å². The molecule has 12 nitrogen and oxygen atoms in total. The van der Waals surface area contributed by atoms with Crippen molar-refractivity contribution in [1.82, 2.24) is 15.1 Å². The maximum atomic E-state index is 14.4. The van der Waals surface area contributed by atoms with Gasteiger partial charge in [-0.3, -0.25) is 9.69 Å². The number of nitrogens with zero attached hydrogens (tertiary/aromatic N) is 4. The van der Waals surface area contributed by atoms with Gasteiger partial charge in [-0.15, -0.1) is 0 Å². The molecule has 2 fully saturated rings. The number of hydrogen-bond donors (Lipinski definition) is 2. The molecule has 2 saturated heterocycles. The van der Waals surface area contributed by atoms with Crippen molar-refractivity contribution in [3.05, 3.63) is 89.9 Å². The molecule has 6 rings (SSSR count). The molecule has 2 amide bonds. The summed E-state index contributed by atoms with van der Waals surface area (Å²) in [6.07, 6.45) is -5.59. The summed E-state index contributed by atoms with van der Waals surface area (Å²) >= 11 is 0. The lowest BCUT2D eigenvalue weighted by Crippen LogP contribution is -2.36. The first-order valence-electron chi connectivity index (χ1n) is 15.3. The molecule has 1 atom stereocenters. The van der Waals surface area contributed by atoms with Gasteiger partial charge in [0.2, 0.25) is 15.9 Å². The summed E-state index contributed by atoms with van der Waals surface area (Å²) in [5.74, 6) is -0.571. The summed E-state index contributed by atoms with van der Waals surface area (Å²) in [6, 6.07) is 17.8. The van der Waals surface area contributed by atoms with Crippen LogP contribution >= 0.6 is 0 Å². The van der Waals surface area contributed by atoms with Crippen LogP contribution in [0.25, 0.3) is 16.9 Å². The largest absolute Gasteiger partial charge is 0.442 e. The van der Waals surface area contributed by atoms with Crippen LogP contribution < -0.4 is 20.3 Å². The number of nitrogens with two attached hydrogens (primary N) is 1. The molecule has 0 radical (unpaired) electrons. The van der Waals surface area contributed by atoms with E-state index in [-0.39, 0.29) is 41.1 Å². The second-order valence-corrected chi connectivity index (χ2v) is 13.1. The van der Waals surface area contributed by atoms with E-state index in [1.165, 1.54) is 42.2 Å². The first kappa shape index (κ1) is 36.3. The number of rotatable bonds is 7. The van der Waals surface area contributed by atoms with Crippen molar-refractivity contribution in [2.24, 2.45) is 5.14 Å². The molecule has 0 spiro atoms. The molecular weight excluding hydrogens is 684 g/mol. The Kier molecular flexibility index (Phi) is 10.8. The smallest absolute Gasteiger partial charge is 0.435 e. The number of cyclic esters (lactones) is 1. The Morgan fingerprint density at radius 3 is 2.22 bits per heavy atom. The first-order valence-corrected chi connectivity index (χ1v) is 16.9. The molecule has 0 bridgehead atoms. The van der Waals surface area contributed by atoms with E-state index in [0.29, 0.717) is 43.2 Å². The number of alkyl halides is 3. The first-order chi connectivity index (χ1) is 23.6. The number of benzene rings is 3. The Bertz CT molecular complexity index is 1950. The van der Waals surface area contributed by atoms with E-state index in [9.17, 15) is 35.6 Å². The summed E-state index contributed by atoms with van der Waals surface area (Å²) in [5, 5.41) is 11.3. The quantitative estimate of drug-likeness (QED) is 0.263. The number of nitrogens with one attached hydrogen (secondary N) is 1. The number of amides is 2. The summed E-state index contributed by atoms with van der Waals surface area (Å²) in [6.45, 7) is 6.21. The van der Waals surface area contributed by atoms with Crippen LogP contribution in [0.5, 0.6) is 0 Å². The third-order valence-corrected chi connectivity index (χ3v) is 8.73. The summed E-state index contributed by atoms with van der Waals surface area (Å²) in [4.78, 5) is 26.1. The number of morpholine rings is 1. The molecule has 17 heteroatoms. The molecule has 2 aliphatic rings. The summed E-state index contributed by atoms with van der Waals surface area (Å²) in [7, 11) is -3.90. The number of halogens is 4. The highest BCUT2D eigenvalue weighted by molar-refractivity contribution is 7.89. The van der Waals surface area contributed by atoms with Gasteiger partial charge in [-0.1, -0.05) is 29.8 Å². The Balaban J connectivity index is 0.000000195. The van der Waals surface area contributed by atoms with Gasteiger partial charge in [0.15, 0.2) is 5.69 Å². The lowest BCUT2D eigenvalue weighted by atomic mass is 10.1. The van der Waals surface area contributed by atoms with Gasteiger partial charge in [-0.05, 0) is 55.5 Å². The van der Waals surface area contributed by atoms with E-state index in [1.807, 2.05) is 11.8 Å². The average Bonchev–Trinajstić information content (AvgIpc) is 3.69. The maximum absolute atomic E-state index is 14.4. The van der Waals surface area contributed by atoms with Crippen molar-refractivity contribution in [1.29, 1.82) is 0 Å². The predicted molar refractivity (Wildman–Crippen MR) is 176 cm³/mol. The van der Waals surface area contributed by atoms with Crippen LogP contribution in [0.4, 0.5) is 33.7 Å². The lowest BCUT2D eigenvalue weighted by Gasteiger charge is -2.29. The fraction of sp³-hybridized carbons (Fsp3) is 0.303. The topological polar surface area (TPSA) is 149 Å². The van der Waals surface area contributed by atoms with E-state index in [1.54, 1.807) is 36.4 Å². The van der Waals surface area contributed by atoms with Crippen molar-refractivity contribution >= 4 is 33.4 Å². The van der Waals surface area contributed by atoms with Crippen molar-refractivity contribution in [3.63, 3.8) is 0 Å². The average molecular weight is 719 g/mol. The third-order valence-electron chi connectivity index (χ3n) is 7.80. The number of sulfonamides is 1. The third kappa shape index (κ3) is 8.77. The van der Waals surface area contributed by atoms with E-state index < -0.39 is 34.1 Å². The zero-order valence-corrected chi connectivity index (χ0v) is 27.8. The zero-order valence-electron chi connectivity index (χ0n) is 27.0. The van der Waals surface area contributed by atoms with Gasteiger partial charge in [0.1, 0.15) is 11.9 Å². The van der Waals surface area contributed by atoms with Crippen LogP contribution in [0.2, 0.25) is 0 Å². The fourth-order valence-electron chi connectivity index (χ4n) is 5.24. The van der Waals surface area contributed by atoms with Crippen molar-refractivity contribution < 1.29 is 45.0 Å². The monoisotopic (exact) mass is 718 g/mol. The number of hydrogen-bond acceptors (Lipinski definition) is 8. The number of anilines is 2. The molecule has 0 unspecified atom stereocenters. The van der Waals surface area contributed by atoms with Crippen LogP contribution in [-0.2, 0) is 30.5 Å². The highest BCUT2D eigenvalue weighted by Gasteiger charge is 2.35. The van der Waals surface area contributed by atoms with Gasteiger partial charge in [0, 0.05) is 25.6 Å². The highest BCUT2D eigenvalue weighted by Crippen LogP contribution is 2.33. The highest BCUT2D eigenvalue weighted by atomic mass is 32.2. The van der Waals surface area contributed by atoms with Gasteiger partial charge in [0.25, 0.3) is 0 Å². The Morgan fingerprint density at radius 2 is 1.64 bits per heavy atom. The lowest BCUT2D eigenvalue weighted by molar-refractivity contribution is -0.141. The molecule has 0 aliphatic carbocycles. The Labute approximate surface area is 285 Å². The second-order valence-electron chi connectivity index (χ2n) is 11.5. The van der Waals surface area contributed by atoms with Crippen molar-refractivity contribution in [2.75, 3.05) is 49.2 Å². The number of carbonyl (C=O) groups excluding carboxylic acids is 2. The minimum atomic E-state index is -4.61. The summed E-state index contributed by atoms with van der Waals surface area (Å²) in [5.41, 5.74) is 1.94. The predicted octanol–water partition coefficient (Wildman–Crippen LogP) is 4.64. The van der Waals surface area contributed by atoms with Crippen LogP contribution in [-0.4, -0.2) is 75.7 Å². The minimum absolute atomic E-state index is 0.138. The second kappa shape index (κ2) is 14.9. The molecule has 2 aliphatic heterocycles. The van der Waals surface area contributed by atoms with Crippen molar-refractivity contribution in [3.8, 4) is 16.9 Å². The van der Waals surface area contributed by atoms with Gasteiger partial charge in [-0.2, -0.15) is 18.3 Å². The van der Waals surface area contributed by atoms with Crippen LogP contribution in [0.1, 0.15) is 18.2 Å². The number of carbonyl (C=O) groups is 2. The fourth-order valence-corrected chi connectivity index (χ4v) is 5.76. The standard InChI is InChI=1S/C17H14F3N3O2S.C16H20FN3O4/c1-11-2-4-12(5-3-11)15-10-16(17(18,19)20)22-23(15)13-6-8-14(9-7-13)26(21,24)25;1-11(21)18-9-13-10-20(16(22)24-13)12-2-3-15(14(17)8-12)19-4-6-23-7-5-19/h2-10H,1H3,(H2,21,24,25);2-3,8,13H,4-7,9-10H2,1H3,(H,18,21)/t;13-/m.0/s1. The van der Waals surface area contributed by atoms with E-state index in [0.717, 1.165) is 16.3 Å². The minimum Gasteiger partial charge on any atom is -0.442 e. The number of ether oxygens (including phenoxy) is 2. The van der Waals surface area contributed by atoms with Crippen LogP contribution in [0, 0.1) is 12.7 Å². The molecule has 0 saturated carbocycles. The molecular formula is C33H34F4N6O6S. The molecule has 4 aromatic rings. The van der Waals surface area contributed by atoms with E-state index in [2.05, 4.69) is 10.4 Å². The van der Waals surface area contributed by atoms with Gasteiger partial charge >= 0.3 is 12.3 Å². The van der Waals surface area contributed by atoms with Gasteiger partial charge < -0.3 is 19.7 Å². The van der Waals surface area contributed by atoms with Gasteiger partial charge in [0.05, 0.1) is 54.0 Å². The summed E-state index contributed by atoms with van der Waals surface area (Å²) < 4.78 is 88.1. The van der Waals surface area contributed by atoms with Gasteiger partial charge in [-0.25, -0.2) is 27.4 Å². The van der Waals surface area contributed by atoms with Crippen molar-refractivity contribution in [2.45, 2.75) is 31.0 Å². The molecule has 3 aromatic carbocycles. The number of aromatic nitrogens is 2. The molecule has 1 aromatic heterocycles. The number of primary sulfonamides is 1. The van der Waals surface area contributed by atoms with E-state index in [4.69, 9.17) is 14.6 Å². The van der Waals surface area contributed by atoms with E-state index >= 15 is 0 Å². The SMILES string of the molecule is CC(=O)NC[C@H]1CN(c2ccc(N3CCOCC3)c(F)c2)C(=O)O1.Cc1ccc(-c2cc(C(F)(F)F)nn2-c2ccc(S(N)(=O)=O)cc2)cc1.